The first-order valence-electron chi connectivity index (χ1n) is 9.37. The Hall–Kier alpha value is -2.82. The van der Waals surface area contributed by atoms with Crippen LogP contribution in [0.2, 0.25) is 0 Å². The number of amides is 2. The van der Waals surface area contributed by atoms with Crippen LogP contribution in [-0.2, 0) is 16.1 Å². The Kier molecular flexibility index (Phi) is 5.79. The van der Waals surface area contributed by atoms with Crippen LogP contribution in [-0.4, -0.2) is 54.8 Å². The summed E-state index contributed by atoms with van der Waals surface area (Å²) >= 11 is 0. The van der Waals surface area contributed by atoms with Crippen LogP contribution in [0.4, 0.5) is 5.69 Å². The highest BCUT2D eigenvalue weighted by atomic mass is 16.2. The third-order valence-electron chi connectivity index (χ3n) is 5.28. The molecule has 0 unspecified atom stereocenters. The molecule has 0 radical (unpaired) electrons. The summed E-state index contributed by atoms with van der Waals surface area (Å²) in [6.07, 6.45) is 0. The van der Waals surface area contributed by atoms with Crippen molar-refractivity contribution in [2.45, 2.75) is 20.4 Å². The number of benzene rings is 2. The van der Waals surface area contributed by atoms with Gasteiger partial charge in [0, 0.05) is 45.5 Å². The number of anilines is 1. The smallest absolute Gasteiger partial charge is 0.312 e. The minimum absolute atomic E-state index is 0.408. The van der Waals surface area contributed by atoms with E-state index in [0.29, 0.717) is 19.6 Å². The van der Waals surface area contributed by atoms with E-state index in [0.717, 1.165) is 18.7 Å². The first-order valence-corrected chi connectivity index (χ1v) is 9.37. The second-order valence-corrected chi connectivity index (χ2v) is 7.15. The molecule has 0 aromatic heterocycles. The van der Waals surface area contributed by atoms with E-state index in [2.05, 4.69) is 36.9 Å². The van der Waals surface area contributed by atoms with Gasteiger partial charge in [0.05, 0.1) is 0 Å². The van der Waals surface area contributed by atoms with E-state index in [1.54, 1.807) is 11.9 Å². The molecule has 5 heteroatoms. The fourth-order valence-electron chi connectivity index (χ4n) is 3.46. The summed E-state index contributed by atoms with van der Waals surface area (Å²) in [5.74, 6) is -0.854. The molecule has 0 bridgehead atoms. The van der Waals surface area contributed by atoms with Crippen LogP contribution < -0.4 is 4.90 Å². The standard InChI is InChI=1S/C22H27N3O2/c1-17-8-7-11-20(18(17)2)24-12-14-25(15-13-24)22(27)21(26)23(3)16-19-9-5-4-6-10-19/h4-11H,12-16H2,1-3H3. The van der Waals surface area contributed by atoms with Crippen molar-refractivity contribution in [1.29, 1.82) is 0 Å². The summed E-state index contributed by atoms with van der Waals surface area (Å²) in [4.78, 5) is 30.6. The number of piperazine rings is 1. The average Bonchev–Trinajstić information content (AvgIpc) is 2.70. The third-order valence-corrected chi connectivity index (χ3v) is 5.28. The maximum atomic E-state index is 12.6. The van der Waals surface area contributed by atoms with Gasteiger partial charge in [0.2, 0.25) is 0 Å². The van der Waals surface area contributed by atoms with Gasteiger partial charge in [0.1, 0.15) is 0 Å². The van der Waals surface area contributed by atoms with E-state index in [1.165, 1.54) is 21.7 Å². The molecule has 5 nitrogen and oxygen atoms in total. The first-order chi connectivity index (χ1) is 13.0. The molecule has 3 rings (SSSR count). The molecule has 2 aromatic rings. The highest BCUT2D eigenvalue weighted by Gasteiger charge is 2.28. The van der Waals surface area contributed by atoms with Gasteiger partial charge in [-0.15, -0.1) is 0 Å². The molecule has 1 fully saturated rings. The predicted molar refractivity (Wildman–Crippen MR) is 108 cm³/mol. The number of carbonyl (C=O) groups excluding carboxylic acids is 2. The Bertz CT molecular complexity index is 812. The van der Waals surface area contributed by atoms with Gasteiger partial charge in [-0.25, -0.2) is 0 Å². The molecule has 1 heterocycles. The Balaban J connectivity index is 1.57. The summed E-state index contributed by atoms with van der Waals surface area (Å²) in [5, 5.41) is 0. The van der Waals surface area contributed by atoms with E-state index >= 15 is 0 Å². The Labute approximate surface area is 161 Å². The predicted octanol–water partition coefficient (Wildman–Crippen LogP) is 2.61. The van der Waals surface area contributed by atoms with Crippen molar-refractivity contribution < 1.29 is 9.59 Å². The molecular weight excluding hydrogens is 338 g/mol. The number of rotatable bonds is 3. The molecule has 1 aliphatic rings. The summed E-state index contributed by atoms with van der Waals surface area (Å²) in [5.41, 5.74) is 4.77. The van der Waals surface area contributed by atoms with E-state index in [4.69, 9.17) is 0 Å². The molecule has 1 aliphatic heterocycles. The van der Waals surface area contributed by atoms with Crippen LogP contribution in [0.1, 0.15) is 16.7 Å². The lowest BCUT2D eigenvalue weighted by Gasteiger charge is -2.37. The van der Waals surface area contributed by atoms with E-state index in [1.807, 2.05) is 30.3 Å². The van der Waals surface area contributed by atoms with Gasteiger partial charge in [-0.05, 0) is 36.6 Å². The van der Waals surface area contributed by atoms with Crippen LogP contribution in [0.5, 0.6) is 0 Å². The zero-order valence-electron chi connectivity index (χ0n) is 16.3. The van der Waals surface area contributed by atoms with Crippen molar-refractivity contribution in [2.24, 2.45) is 0 Å². The molecule has 142 valence electrons. The number of hydrogen-bond donors (Lipinski definition) is 0. The molecule has 0 spiro atoms. The van der Waals surface area contributed by atoms with Crippen molar-refractivity contribution in [3.8, 4) is 0 Å². The molecule has 1 saturated heterocycles. The van der Waals surface area contributed by atoms with E-state index in [9.17, 15) is 9.59 Å². The van der Waals surface area contributed by atoms with Gasteiger partial charge in [0.25, 0.3) is 0 Å². The van der Waals surface area contributed by atoms with Crippen LogP contribution in [0.3, 0.4) is 0 Å². The molecule has 0 N–H and O–H groups in total. The van der Waals surface area contributed by atoms with Crippen LogP contribution in [0, 0.1) is 13.8 Å². The maximum absolute atomic E-state index is 12.6. The summed E-state index contributed by atoms with van der Waals surface area (Å²) in [7, 11) is 1.68. The van der Waals surface area contributed by atoms with Gasteiger partial charge >= 0.3 is 11.8 Å². The second kappa shape index (κ2) is 8.25. The first kappa shape index (κ1) is 19.0. The molecule has 0 aliphatic carbocycles. The Morgan fingerprint density at radius 1 is 0.926 bits per heavy atom. The SMILES string of the molecule is Cc1cccc(N2CCN(C(=O)C(=O)N(C)Cc3ccccc3)CC2)c1C. The molecule has 27 heavy (non-hydrogen) atoms. The highest BCUT2D eigenvalue weighted by molar-refractivity contribution is 6.34. The van der Waals surface area contributed by atoms with Gasteiger partial charge in [0.15, 0.2) is 0 Å². The second-order valence-electron chi connectivity index (χ2n) is 7.15. The van der Waals surface area contributed by atoms with Gasteiger partial charge < -0.3 is 14.7 Å². The van der Waals surface area contributed by atoms with Crippen LogP contribution in [0.15, 0.2) is 48.5 Å². The monoisotopic (exact) mass is 365 g/mol. The lowest BCUT2D eigenvalue weighted by molar-refractivity contribution is -0.151. The Morgan fingerprint density at radius 2 is 1.59 bits per heavy atom. The number of carbonyl (C=O) groups is 2. The van der Waals surface area contributed by atoms with Crippen molar-refractivity contribution in [1.82, 2.24) is 9.80 Å². The fourth-order valence-corrected chi connectivity index (χ4v) is 3.46. The summed E-state index contributed by atoms with van der Waals surface area (Å²) in [6.45, 7) is 7.30. The molecule has 0 saturated carbocycles. The van der Waals surface area contributed by atoms with Gasteiger partial charge in [-0.1, -0.05) is 42.5 Å². The lowest BCUT2D eigenvalue weighted by Crippen LogP contribution is -2.53. The molecule has 2 amide bonds. The van der Waals surface area contributed by atoms with E-state index in [-0.39, 0.29) is 0 Å². The lowest BCUT2D eigenvalue weighted by atomic mass is 10.1. The number of nitrogens with zero attached hydrogens (tertiary/aromatic N) is 3. The summed E-state index contributed by atoms with van der Waals surface area (Å²) < 4.78 is 0. The quantitative estimate of drug-likeness (QED) is 0.786. The van der Waals surface area contributed by atoms with Gasteiger partial charge in [-0.2, -0.15) is 0 Å². The normalized spacial score (nSPS) is 14.2. The maximum Gasteiger partial charge on any atom is 0.312 e. The molecular formula is C22H27N3O2. The molecule has 2 aromatic carbocycles. The zero-order valence-corrected chi connectivity index (χ0v) is 16.3. The van der Waals surface area contributed by atoms with Crippen LogP contribution in [0.25, 0.3) is 0 Å². The van der Waals surface area contributed by atoms with E-state index < -0.39 is 11.8 Å². The minimum atomic E-state index is -0.445. The van der Waals surface area contributed by atoms with Gasteiger partial charge in [-0.3, -0.25) is 9.59 Å². The van der Waals surface area contributed by atoms with Crippen molar-refractivity contribution in [3.05, 3.63) is 65.2 Å². The minimum Gasteiger partial charge on any atom is -0.368 e. The number of aryl methyl sites for hydroxylation is 1. The zero-order chi connectivity index (χ0) is 19.4. The highest BCUT2D eigenvalue weighted by Crippen LogP contribution is 2.24. The summed E-state index contributed by atoms with van der Waals surface area (Å²) in [6, 6.07) is 16.0. The Morgan fingerprint density at radius 3 is 2.26 bits per heavy atom. The topological polar surface area (TPSA) is 43.9 Å². The largest absolute Gasteiger partial charge is 0.368 e. The number of likely N-dealkylation sites (N-methyl/N-ethyl adjacent to an activating group) is 1. The third kappa shape index (κ3) is 4.30. The fraction of sp³-hybridized carbons (Fsp3) is 0.364. The van der Waals surface area contributed by atoms with Crippen molar-refractivity contribution in [3.63, 3.8) is 0 Å². The molecule has 0 atom stereocenters. The average molecular weight is 365 g/mol. The van der Waals surface area contributed by atoms with Crippen molar-refractivity contribution in [2.75, 3.05) is 38.1 Å². The van der Waals surface area contributed by atoms with Crippen molar-refractivity contribution >= 4 is 17.5 Å². The number of hydrogen-bond acceptors (Lipinski definition) is 3. The van der Waals surface area contributed by atoms with Crippen LogP contribution >= 0.6 is 0 Å².